The predicted molar refractivity (Wildman–Crippen MR) is 85.0 cm³/mol. The normalized spacial score (nSPS) is 12.2. The molecule has 120 valence electrons. The fourth-order valence-electron chi connectivity index (χ4n) is 2.05. The second kappa shape index (κ2) is 7.82. The highest BCUT2D eigenvalue weighted by Gasteiger charge is 2.08. The summed E-state index contributed by atoms with van der Waals surface area (Å²) in [6.07, 6.45) is 1.19. The number of ether oxygens (including phenoxy) is 1. The lowest BCUT2D eigenvalue weighted by atomic mass is 10.2. The first-order chi connectivity index (χ1) is 10.6. The van der Waals surface area contributed by atoms with E-state index in [1.165, 1.54) is 0 Å². The zero-order valence-electron chi connectivity index (χ0n) is 13.0. The van der Waals surface area contributed by atoms with Crippen LogP contribution >= 0.6 is 0 Å². The molecule has 0 bridgehead atoms. The van der Waals surface area contributed by atoms with Gasteiger partial charge in [-0.25, -0.2) is 0 Å². The molecule has 0 aliphatic rings. The molecule has 22 heavy (non-hydrogen) atoms. The van der Waals surface area contributed by atoms with Crippen LogP contribution in [0.1, 0.15) is 18.2 Å². The van der Waals surface area contributed by atoms with Crippen molar-refractivity contribution >= 4 is 5.69 Å². The number of nitrogens with one attached hydrogen (secondary N) is 1. The maximum absolute atomic E-state index is 9.42. The number of anilines is 1. The molecular weight excluding hydrogens is 282 g/mol. The Labute approximate surface area is 130 Å². The lowest BCUT2D eigenvalue weighted by molar-refractivity contribution is 0.105. The number of rotatable bonds is 8. The molecule has 0 radical (unpaired) electrons. The van der Waals surface area contributed by atoms with E-state index in [1.54, 1.807) is 0 Å². The molecule has 1 heterocycles. The van der Waals surface area contributed by atoms with Crippen molar-refractivity contribution in [2.24, 2.45) is 0 Å². The third kappa shape index (κ3) is 4.22. The van der Waals surface area contributed by atoms with Crippen LogP contribution in [0.5, 0.6) is 5.75 Å². The number of hydrogen-bond acceptors (Lipinski definition) is 5. The van der Waals surface area contributed by atoms with E-state index in [0.717, 1.165) is 23.5 Å². The van der Waals surface area contributed by atoms with E-state index in [4.69, 9.17) is 9.84 Å². The van der Waals surface area contributed by atoms with Crippen LogP contribution in [0.2, 0.25) is 0 Å². The number of para-hydroxylation sites is 2. The van der Waals surface area contributed by atoms with Crippen molar-refractivity contribution in [2.75, 3.05) is 18.5 Å². The predicted octanol–water partition coefficient (Wildman–Crippen LogP) is 1.56. The maximum Gasteiger partial charge on any atom is 0.142 e. The standard InChI is InChI=1S/C16H23N3O3/c1-3-19-9-13(12(2)18-19)11-22-16-7-5-4-6-15(16)17-8-14(21)10-20/h4-7,9,14,17,20-21H,3,8,10-11H2,1-2H3. The van der Waals surface area contributed by atoms with Gasteiger partial charge in [0.2, 0.25) is 0 Å². The van der Waals surface area contributed by atoms with Gasteiger partial charge in [-0.1, -0.05) is 12.1 Å². The second-order valence-electron chi connectivity index (χ2n) is 5.10. The zero-order chi connectivity index (χ0) is 15.9. The summed E-state index contributed by atoms with van der Waals surface area (Å²) in [5.74, 6) is 0.705. The largest absolute Gasteiger partial charge is 0.487 e. The molecule has 0 saturated carbocycles. The van der Waals surface area contributed by atoms with Gasteiger partial charge in [-0.15, -0.1) is 0 Å². The van der Waals surface area contributed by atoms with E-state index < -0.39 is 6.10 Å². The lowest BCUT2D eigenvalue weighted by Crippen LogP contribution is -2.23. The summed E-state index contributed by atoms with van der Waals surface area (Å²) < 4.78 is 7.75. The lowest BCUT2D eigenvalue weighted by Gasteiger charge is -2.14. The van der Waals surface area contributed by atoms with Crippen molar-refractivity contribution in [3.8, 4) is 5.75 Å². The smallest absolute Gasteiger partial charge is 0.142 e. The Balaban J connectivity index is 2.01. The Morgan fingerprint density at radius 3 is 2.82 bits per heavy atom. The number of aromatic nitrogens is 2. The molecule has 2 rings (SSSR count). The Hall–Kier alpha value is -2.05. The molecule has 0 saturated heterocycles. The van der Waals surface area contributed by atoms with Crippen molar-refractivity contribution in [3.05, 3.63) is 41.7 Å². The molecule has 6 nitrogen and oxygen atoms in total. The molecule has 0 amide bonds. The van der Waals surface area contributed by atoms with E-state index in [9.17, 15) is 5.11 Å². The van der Waals surface area contributed by atoms with E-state index in [-0.39, 0.29) is 13.2 Å². The SMILES string of the molecule is CCn1cc(COc2ccccc2NCC(O)CO)c(C)n1. The quantitative estimate of drug-likeness (QED) is 0.689. The Kier molecular flexibility index (Phi) is 5.80. The molecule has 3 N–H and O–H groups in total. The average Bonchev–Trinajstić information content (AvgIpc) is 2.91. The summed E-state index contributed by atoms with van der Waals surface area (Å²) in [6.45, 7) is 5.27. The van der Waals surface area contributed by atoms with Crippen molar-refractivity contribution in [3.63, 3.8) is 0 Å². The first-order valence-electron chi connectivity index (χ1n) is 7.41. The number of benzene rings is 1. The Morgan fingerprint density at radius 1 is 1.36 bits per heavy atom. The number of aryl methyl sites for hydroxylation is 2. The number of hydrogen-bond donors (Lipinski definition) is 3. The van der Waals surface area contributed by atoms with E-state index in [1.807, 2.05) is 49.0 Å². The van der Waals surface area contributed by atoms with Crippen molar-refractivity contribution in [1.82, 2.24) is 9.78 Å². The Morgan fingerprint density at radius 2 is 2.14 bits per heavy atom. The van der Waals surface area contributed by atoms with Crippen molar-refractivity contribution < 1.29 is 14.9 Å². The molecule has 1 aromatic heterocycles. The molecule has 0 fully saturated rings. The molecule has 0 aliphatic heterocycles. The van der Waals surface area contributed by atoms with Gasteiger partial charge in [0.25, 0.3) is 0 Å². The minimum absolute atomic E-state index is 0.268. The number of aliphatic hydroxyl groups is 2. The molecule has 0 spiro atoms. The van der Waals surface area contributed by atoms with Gasteiger partial charge in [0.15, 0.2) is 0 Å². The molecule has 0 aliphatic carbocycles. The highest BCUT2D eigenvalue weighted by atomic mass is 16.5. The van der Waals surface area contributed by atoms with Gasteiger partial charge in [0.1, 0.15) is 12.4 Å². The summed E-state index contributed by atoms with van der Waals surface area (Å²) in [4.78, 5) is 0. The van der Waals surface area contributed by atoms with Crippen LogP contribution in [0, 0.1) is 6.92 Å². The molecule has 1 aromatic carbocycles. The van der Waals surface area contributed by atoms with Gasteiger partial charge in [0.05, 0.1) is 24.1 Å². The van der Waals surface area contributed by atoms with Gasteiger partial charge in [-0.3, -0.25) is 4.68 Å². The van der Waals surface area contributed by atoms with E-state index in [2.05, 4.69) is 10.4 Å². The fourth-order valence-corrected chi connectivity index (χ4v) is 2.05. The third-order valence-corrected chi connectivity index (χ3v) is 3.38. The Bertz CT molecular complexity index is 598. The highest BCUT2D eigenvalue weighted by molar-refractivity contribution is 5.56. The molecule has 1 unspecified atom stereocenters. The molecule has 2 aromatic rings. The van der Waals surface area contributed by atoms with E-state index >= 15 is 0 Å². The minimum atomic E-state index is -0.793. The van der Waals surface area contributed by atoms with Crippen LogP contribution in [0.4, 0.5) is 5.69 Å². The summed E-state index contributed by atoms with van der Waals surface area (Å²) in [7, 11) is 0. The average molecular weight is 305 g/mol. The minimum Gasteiger partial charge on any atom is -0.487 e. The van der Waals surface area contributed by atoms with Gasteiger partial charge in [0, 0.05) is 24.8 Å². The fraction of sp³-hybridized carbons (Fsp3) is 0.438. The zero-order valence-corrected chi connectivity index (χ0v) is 13.0. The topological polar surface area (TPSA) is 79.5 Å². The summed E-state index contributed by atoms with van der Waals surface area (Å²) in [5, 5.41) is 25.7. The number of aliphatic hydroxyl groups excluding tert-OH is 2. The van der Waals surface area contributed by atoms with Crippen LogP contribution in [0.3, 0.4) is 0 Å². The van der Waals surface area contributed by atoms with Crippen LogP contribution < -0.4 is 10.1 Å². The van der Waals surface area contributed by atoms with Crippen molar-refractivity contribution in [1.29, 1.82) is 0 Å². The monoisotopic (exact) mass is 305 g/mol. The van der Waals surface area contributed by atoms with Crippen molar-refractivity contribution in [2.45, 2.75) is 33.1 Å². The molecule has 1 atom stereocenters. The first kappa shape index (κ1) is 16.3. The molecule has 6 heteroatoms. The summed E-state index contributed by atoms with van der Waals surface area (Å²) in [6, 6.07) is 7.53. The van der Waals surface area contributed by atoms with Crippen LogP contribution in [0.15, 0.2) is 30.5 Å². The van der Waals surface area contributed by atoms with Gasteiger partial charge in [-0.05, 0) is 26.0 Å². The van der Waals surface area contributed by atoms with Crippen LogP contribution in [0.25, 0.3) is 0 Å². The third-order valence-electron chi connectivity index (χ3n) is 3.38. The summed E-state index contributed by atoms with van der Waals surface area (Å²) >= 11 is 0. The van der Waals surface area contributed by atoms with Crippen LogP contribution in [-0.2, 0) is 13.2 Å². The van der Waals surface area contributed by atoms with Gasteiger partial charge in [-0.2, -0.15) is 5.10 Å². The summed E-state index contributed by atoms with van der Waals surface area (Å²) in [5.41, 5.74) is 2.80. The molecular formula is C16H23N3O3. The first-order valence-corrected chi connectivity index (χ1v) is 7.41. The maximum atomic E-state index is 9.42. The second-order valence-corrected chi connectivity index (χ2v) is 5.10. The van der Waals surface area contributed by atoms with E-state index in [0.29, 0.717) is 12.4 Å². The van der Waals surface area contributed by atoms with Gasteiger partial charge < -0.3 is 20.3 Å². The van der Waals surface area contributed by atoms with Gasteiger partial charge >= 0.3 is 0 Å². The highest BCUT2D eigenvalue weighted by Crippen LogP contribution is 2.25. The van der Waals surface area contributed by atoms with Crippen LogP contribution in [-0.4, -0.2) is 39.2 Å². The number of nitrogens with zero attached hydrogens (tertiary/aromatic N) is 2.